The highest BCUT2D eigenvalue weighted by Gasteiger charge is 2.60. The molecule has 6 atom stereocenters. The van der Waals surface area contributed by atoms with Crippen LogP contribution >= 0.6 is 0 Å². The van der Waals surface area contributed by atoms with Crippen LogP contribution in [0.15, 0.2) is 42.5 Å². The molecule has 0 bridgehead atoms. The molecule has 6 unspecified atom stereocenters. The third kappa shape index (κ3) is 21.1. The zero-order chi connectivity index (χ0) is 62.9. The van der Waals surface area contributed by atoms with E-state index < -0.39 is 47.1 Å². The average Bonchev–Trinajstić information content (AvgIpc) is 1.66. The predicted molar refractivity (Wildman–Crippen MR) is 343 cm³/mol. The second-order valence-electron chi connectivity index (χ2n) is 27.8. The lowest BCUT2D eigenvalue weighted by Gasteiger charge is -2.41. The first-order valence-electron chi connectivity index (χ1n) is 34.4. The molecule has 6 rings (SSSR count). The van der Waals surface area contributed by atoms with E-state index in [2.05, 4.69) is 41.5 Å². The molecule has 0 N–H and O–H groups in total. The lowest BCUT2D eigenvalue weighted by atomic mass is 9.69. The Morgan fingerprint density at radius 2 is 0.931 bits per heavy atom. The number of hydrogen-bond acceptors (Lipinski definition) is 11. The molecular weight excluding hydrogens is 1100 g/mol. The number of benzene rings is 2. The molecule has 4 heterocycles. The van der Waals surface area contributed by atoms with Gasteiger partial charge in [-0.1, -0.05) is 178 Å². The molecule has 0 aliphatic carbocycles. The highest BCUT2D eigenvalue weighted by Crippen LogP contribution is 2.48. The molecule has 2 aromatic rings. The summed E-state index contributed by atoms with van der Waals surface area (Å²) in [6.07, 6.45) is 25.9. The van der Waals surface area contributed by atoms with Crippen LogP contribution in [0.2, 0.25) is 0 Å². The van der Waals surface area contributed by atoms with E-state index in [-0.39, 0.29) is 53.8 Å². The molecule has 4 aliphatic heterocycles. The van der Waals surface area contributed by atoms with Gasteiger partial charge in [0, 0.05) is 57.2 Å². The van der Waals surface area contributed by atoms with Crippen molar-refractivity contribution >= 4 is 41.4 Å². The van der Waals surface area contributed by atoms with Crippen molar-refractivity contribution in [2.45, 2.75) is 261 Å². The van der Waals surface area contributed by atoms with Crippen molar-refractivity contribution in [2.75, 3.05) is 46.0 Å². The van der Waals surface area contributed by atoms with E-state index in [0.717, 1.165) is 128 Å². The van der Waals surface area contributed by atoms with Crippen LogP contribution in [-0.2, 0) is 28.8 Å². The molecule has 15 nitrogen and oxygen atoms in total. The molecule has 0 saturated carbocycles. The van der Waals surface area contributed by atoms with E-state index in [9.17, 15) is 24.0 Å². The van der Waals surface area contributed by atoms with Crippen LogP contribution in [0, 0.1) is 34.5 Å². The molecule has 0 radical (unpaired) electrons. The average molecular weight is 1210 g/mol. The van der Waals surface area contributed by atoms with Crippen molar-refractivity contribution in [3.63, 3.8) is 0 Å². The molecule has 4 fully saturated rings. The van der Waals surface area contributed by atoms with Gasteiger partial charge in [-0.15, -0.1) is 0 Å². The number of esters is 1. The lowest BCUT2D eigenvalue weighted by Crippen LogP contribution is -2.52. The number of ether oxygens (including phenoxy) is 4. The minimum absolute atomic E-state index is 0.0126. The van der Waals surface area contributed by atoms with Crippen LogP contribution in [0.1, 0.15) is 259 Å². The van der Waals surface area contributed by atoms with Crippen molar-refractivity contribution in [3.05, 3.63) is 48.0 Å². The van der Waals surface area contributed by atoms with Gasteiger partial charge in [-0.25, -0.2) is 4.79 Å². The number of nitrogens with zero attached hydrogens (tertiary/aromatic N) is 4. The second-order valence-corrected chi connectivity index (χ2v) is 27.8. The van der Waals surface area contributed by atoms with E-state index in [1.54, 1.807) is 35.2 Å². The van der Waals surface area contributed by atoms with Gasteiger partial charge in [-0.3, -0.25) is 38.6 Å². The van der Waals surface area contributed by atoms with Gasteiger partial charge in [0.15, 0.2) is 0 Å². The van der Waals surface area contributed by atoms with Crippen LogP contribution in [0.3, 0.4) is 0 Å². The zero-order valence-corrected chi connectivity index (χ0v) is 55.2. The monoisotopic (exact) mass is 1210 g/mol. The van der Waals surface area contributed by atoms with Crippen LogP contribution in [-0.4, -0.2) is 119 Å². The molecule has 4 aliphatic rings. The van der Waals surface area contributed by atoms with E-state index >= 15 is 9.59 Å². The van der Waals surface area contributed by atoms with Crippen molar-refractivity contribution in [1.29, 1.82) is 0 Å². The van der Waals surface area contributed by atoms with Gasteiger partial charge in [0.1, 0.15) is 28.6 Å². The summed E-state index contributed by atoms with van der Waals surface area (Å²) >= 11 is 0. The zero-order valence-electron chi connectivity index (χ0n) is 55.2. The first kappa shape index (κ1) is 70.6. The summed E-state index contributed by atoms with van der Waals surface area (Å²) in [6, 6.07) is 11.2. The summed E-state index contributed by atoms with van der Waals surface area (Å²) in [5.74, 6) is -2.68. The molecule has 486 valence electrons. The maximum Gasteiger partial charge on any atom is 0.347 e. The highest BCUT2D eigenvalue weighted by molar-refractivity contribution is 6.07. The van der Waals surface area contributed by atoms with Gasteiger partial charge in [0.25, 0.3) is 0 Å². The Balaban J connectivity index is 1.04. The Bertz CT molecular complexity index is 2500. The maximum atomic E-state index is 15.2. The fraction of sp³-hybridized carbons (Fsp3) is 0.736. The Morgan fingerprint density at radius 1 is 0.494 bits per heavy atom. The number of likely N-dealkylation sites (tertiary alicyclic amines) is 4. The topological polar surface area (TPSA) is 169 Å². The van der Waals surface area contributed by atoms with Crippen molar-refractivity contribution in [1.82, 2.24) is 19.6 Å². The quantitative estimate of drug-likeness (QED) is 0.0269. The van der Waals surface area contributed by atoms with Gasteiger partial charge < -0.3 is 28.7 Å². The van der Waals surface area contributed by atoms with Crippen LogP contribution in [0.4, 0.5) is 0 Å². The Morgan fingerprint density at radius 3 is 1.44 bits per heavy atom. The molecular formula is C72H112N4O11. The Hall–Kier alpha value is -5.47. The summed E-state index contributed by atoms with van der Waals surface area (Å²) in [4.78, 5) is 108. The molecule has 6 amide bonds. The first-order valence-corrected chi connectivity index (χ1v) is 34.4. The smallest absolute Gasteiger partial charge is 0.347 e. The molecule has 2 aromatic carbocycles. The second kappa shape index (κ2) is 35.7. The molecule has 0 spiro atoms. The maximum absolute atomic E-state index is 15.2. The number of rotatable bonds is 41. The van der Waals surface area contributed by atoms with Gasteiger partial charge >= 0.3 is 5.97 Å². The number of hydrogen-bond donors (Lipinski definition) is 0. The minimum atomic E-state index is -0.875. The molecule has 0 aromatic heterocycles. The highest BCUT2D eigenvalue weighted by atomic mass is 16.5. The molecule has 87 heavy (non-hydrogen) atoms. The van der Waals surface area contributed by atoms with Crippen molar-refractivity contribution < 1.29 is 52.5 Å². The summed E-state index contributed by atoms with van der Waals surface area (Å²) in [7, 11) is 0. The van der Waals surface area contributed by atoms with Gasteiger partial charge in [-0.05, 0) is 105 Å². The normalized spacial score (nSPS) is 20.0. The number of amides is 6. The van der Waals surface area contributed by atoms with Crippen molar-refractivity contribution in [3.8, 4) is 23.0 Å². The van der Waals surface area contributed by atoms with Crippen molar-refractivity contribution in [2.24, 2.45) is 34.5 Å². The molecule has 15 heteroatoms. The van der Waals surface area contributed by atoms with E-state index in [0.29, 0.717) is 107 Å². The minimum Gasteiger partial charge on any atom is -0.494 e. The SMILES string of the molecule is CCCCCCCCN1C(=O)C(C(CC2C(=O)N(CCCCCCCCCCCOc3cc(OCCCCCC)ccc3C(=O)Oc3ccc(OCCCCCC)cc3)C(=O)C2C(CC(C)(C)C)N2CCCC2=O)N2CCCC2=O)C(C(C)(C)C)C1=O. The number of carbonyl (C=O) groups is 7. The third-order valence-electron chi connectivity index (χ3n) is 18.4. The Labute approximate surface area is 523 Å². The predicted octanol–water partition coefficient (Wildman–Crippen LogP) is 15.1. The van der Waals surface area contributed by atoms with Crippen LogP contribution in [0.25, 0.3) is 0 Å². The van der Waals surface area contributed by atoms with Gasteiger partial charge in [0.05, 0.1) is 43.5 Å². The lowest BCUT2D eigenvalue weighted by molar-refractivity contribution is -0.143. The Kier molecular flexibility index (Phi) is 28.9. The first-order chi connectivity index (χ1) is 41.8. The number of unbranched alkanes of at least 4 members (excludes halogenated alkanes) is 19. The fourth-order valence-electron chi connectivity index (χ4n) is 13.7. The summed E-state index contributed by atoms with van der Waals surface area (Å²) in [5.41, 5.74) is -0.573. The number of carbonyl (C=O) groups excluding carboxylic acids is 7. The summed E-state index contributed by atoms with van der Waals surface area (Å²) in [6.45, 7) is 22.0. The van der Waals surface area contributed by atoms with E-state index in [1.165, 1.54) is 22.6 Å². The van der Waals surface area contributed by atoms with E-state index in [1.807, 2.05) is 37.8 Å². The van der Waals surface area contributed by atoms with Crippen LogP contribution < -0.4 is 18.9 Å². The largest absolute Gasteiger partial charge is 0.494 e. The fourth-order valence-corrected chi connectivity index (χ4v) is 13.7. The standard InChI is InChI=1S/C72H112N4O11/c1-10-13-16-19-25-29-44-76-68(81)64(65(69(76)82)72(7,8)9)58(73-45-33-35-61(73)77)51-57-63(59(52-71(4,5)6)74-46-34-36-62(74)78)67(80)75(66(57)79)43-28-26-23-21-20-22-24-27-32-49-86-60-50-55(85-48-31-18-15-12-3)41-42-56(60)70(83)87-54-39-37-53(38-40-54)84-47-30-17-14-11-2/h37-42,50,57-59,63-65H,10-36,43-49,51-52H2,1-9H3. The van der Waals surface area contributed by atoms with E-state index in [4.69, 9.17) is 18.9 Å². The summed E-state index contributed by atoms with van der Waals surface area (Å²) < 4.78 is 24.0. The third-order valence-corrected chi connectivity index (χ3v) is 18.4. The van der Waals surface area contributed by atoms with Gasteiger partial charge in [0.2, 0.25) is 35.4 Å². The van der Waals surface area contributed by atoms with Gasteiger partial charge in [-0.2, -0.15) is 0 Å². The van der Waals surface area contributed by atoms with Crippen LogP contribution in [0.5, 0.6) is 23.0 Å². The molecule has 4 saturated heterocycles. The summed E-state index contributed by atoms with van der Waals surface area (Å²) in [5, 5.41) is 0. The number of imide groups is 2.